The monoisotopic (exact) mass is 372 g/mol. The van der Waals surface area contributed by atoms with Gasteiger partial charge in [0.15, 0.2) is 0 Å². The summed E-state index contributed by atoms with van der Waals surface area (Å²) in [4.78, 5) is 16.2. The van der Waals surface area contributed by atoms with Gasteiger partial charge in [-0.05, 0) is 42.0 Å². The average molecular weight is 373 g/mol. The third kappa shape index (κ3) is 4.72. The number of hydrogen-bond acceptors (Lipinski definition) is 3. The highest BCUT2D eigenvalue weighted by Crippen LogP contribution is 2.28. The molecule has 126 valence electrons. The van der Waals surface area contributed by atoms with Gasteiger partial charge in [-0.3, -0.25) is 9.78 Å². The van der Waals surface area contributed by atoms with Gasteiger partial charge in [0.25, 0.3) is 5.91 Å². The standard InChI is InChI=1S/C19H14Cl2N2O2/c20-15-4-5-17(21)18(11-15)25-12-13-2-1-3-14(10-13)19(24)23-16-6-8-22-9-7-16/h1-11H,12H2,(H,22,23,24). The summed E-state index contributed by atoms with van der Waals surface area (Å²) in [6, 6.07) is 15.7. The van der Waals surface area contributed by atoms with Crippen molar-refractivity contribution in [2.75, 3.05) is 5.32 Å². The number of carbonyl (C=O) groups excluding carboxylic acids is 1. The molecule has 3 aromatic rings. The predicted molar refractivity (Wildman–Crippen MR) is 99.4 cm³/mol. The minimum atomic E-state index is -0.200. The molecule has 6 heteroatoms. The molecule has 0 unspecified atom stereocenters. The van der Waals surface area contributed by atoms with Crippen LogP contribution in [0.15, 0.2) is 67.0 Å². The van der Waals surface area contributed by atoms with E-state index < -0.39 is 0 Å². The molecule has 0 aliphatic rings. The Morgan fingerprint density at radius 2 is 1.84 bits per heavy atom. The smallest absolute Gasteiger partial charge is 0.255 e. The van der Waals surface area contributed by atoms with Crippen molar-refractivity contribution in [3.8, 4) is 5.75 Å². The highest BCUT2D eigenvalue weighted by Gasteiger charge is 2.08. The number of aromatic nitrogens is 1. The third-order valence-corrected chi connectivity index (χ3v) is 3.96. The van der Waals surface area contributed by atoms with Crippen LogP contribution < -0.4 is 10.1 Å². The minimum Gasteiger partial charge on any atom is -0.487 e. The van der Waals surface area contributed by atoms with Crippen LogP contribution in [-0.4, -0.2) is 10.9 Å². The first-order valence-electron chi connectivity index (χ1n) is 7.50. The Balaban J connectivity index is 1.69. The van der Waals surface area contributed by atoms with Crippen LogP contribution >= 0.6 is 23.2 Å². The maximum absolute atomic E-state index is 12.3. The van der Waals surface area contributed by atoms with Gasteiger partial charge >= 0.3 is 0 Å². The maximum atomic E-state index is 12.3. The number of amides is 1. The molecule has 2 aromatic carbocycles. The molecular weight excluding hydrogens is 359 g/mol. The second kappa shape index (κ2) is 8.01. The largest absolute Gasteiger partial charge is 0.487 e. The van der Waals surface area contributed by atoms with Crippen LogP contribution in [0.5, 0.6) is 5.75 Å². The number of anilines is 1. The first kappa shape index (κ1) is 17.3. The molecule has 0 atom stereocenters. The van der Waals surface area contributed by atoms with Crippen LogP contribution in [0.3, 0.4) is 0 Å². The fourth-order valence-corrected chi connectivity index (χ4v) is 2.52. The van der Waals surface area contributed by atoms with Crippen LogP contribution in [0.4, 0.5) is 5.69 Å². The number of ether oxygens (including phenoxy) is 1. The normalized spacial score (nSPS) is 10.3. The Labute approximate surface area is 155 Å². The minimum absolute atomic E-state index is 0.200. The first-order chi connectivity index (χ1) is 12.1. The fraction of sp³-hybridized carbons (Fsp3) is 0.0526. The summed E-state index contributed by atoms with van der Waals surface area (Å²) in [7, 11) is 0. The lowest BCUT2D eigenvalue weighted by Crippen LogP contribution is -2.12. The van der Waals surface area contributed by atoms with Crippen LogP contribution in [0.25, 0.3) is 0 Å². The van der Waals surface area contributed by atoms with Gasteiger partial charge in [0.1, 0.15) is 12.4 Å². The lowest BCUT2D eigenvalue weighted by molar-refractivity contribution is 0.102. The van der Waals surface area contributed by atoms with Gasteiger partial charge in [0.05, 0.1) is 5.02 Å². The first-order valence-corrected chi connectivity index (χ1v) is 8.25. The molecule has 0 radical (unpaired) electrons. The van der Waals surface area contributed by atoms with E-state index in [0.29, 0.717) is 27.0 Å². The number of halogens is 2. The zero-order valence-electron chi connectivity index (χ0n) is 13.1. The molecule has 25 heavy (non-hydrogen) atoms. The van der Waals surface area contributed by atoms with Crippen molar-refractivity contribution in [1.29, 1.82) is 0 Å². The molecule has 1 N–H and O–H groups in total. The topological polar surface area (TPSA) is 51.2 Å². The van der Waals surface area contributed by atoms with Crippen molar-refractivity contribution in [2.24, 2.45) is 0 Å². The molecule has 0 spiro atoms. The molecule has 1 heterocycles. The van der Waals surface area contributed by atoms with Gasteiger partial charge in [-0.1, -0.05) is 35.3 Å². The Morgan fingerprint density at radius 3 is 2.64 bits per heavy atom. The highest BCUT2D eigenvalue weighted by molar-refractivity contribution is 6.34. The van der Waals surface area contributed by atoms with E-state index in [2.05, 4.69) is 10.3 Å². The molecule has 4 nitrogen and oxygen atoms in total. The van der Waals surface area contributed by atoms with E-state index in [1.165, 1.54) is 0 Å². The van der Waals surface area contributed by atoms with Crippen LogP contribution in [0.2, 0.25) is 10.0 Å². The third-order valence-electron chi connectivity index (χ3n) is 3.41. The fourth-order valence-electron chi connectivity index (χ4n) is 2.19. The Kier molecular flexibility index (Phi) is 5.53. The molecule has 0 fully saturated rings. The molecule has 0 saturated carbocycles. The predicted octanol–water partition coefficient (Wildman–Crippen LogP) is 5.22. The van der Waals surface area contributed by atoms with E-state index in [9.17, 15) is 4.79 Å². The molecule has 0 saturated heterocycles. The van der Waals surface area contributed by atoms with Crippen LogP contribution in [0, 0.1) is 0 Å². The van der Waals surface area contributed by atoms with E-state index in [1.807, 2.05) is 6.07 Å². The van der Waals surface area contributed by atoms with E-state index in [0.717, 1.165) is 5.56 Å². The molecule has 1 aromatic heterocycles. The number of hydrogen-bond donors (Lipinski definition) is 1. The molecular formula is C19H14Cl2N2O2. The van der Waals surface area contributed by atoms with Gasteiger partial charge < -0.3 is 10.1 Å². The van der Waals surface area contributed by atoms with E-state index in [1.54, 1.807) is 60.9 Å². The van der Waals surface area contributed by atoms with Crippen LogP contribution in [-0.2, 0) is 6.61 Å². The molecule has 3 rings (SSSR count). The van der Waals surface area contributed by atoms with Crippen molar-refractivity contribution in [2.45, 2.75) is 6.61 Å². The molecule has 0 bridgehead atoms. The quantitative estimate of drug-likeness (QED) is 0.667. The van der Waals surface area contributed by atoms with Crippen LogP contribution in [0.1, 0.15) is 15.9 Å². The highest BCUT2D eigenvalue weighted by atomic mass is 35.5. The van der Waals surface area contributed by atoms with Gasteiger partial charge in [-0.2, -0.15) is 0 Å². The Hall–Kier alpha value is -2.56. The lowest BCUT2D eigenvalue weighted by Gasteiger charge is -2.10. The van der Waals surface area contributed by atoms with Gasteiger partial charge in [0, 0.05) is 34.7 Å². The number of nitrogens with one attached hydrogen (secondary N) is 1. The maximum Gasteiger partial charge on any atom is 0.255 e. The van der Waals surface area contributed by atoms with Gasteiger partial charge in [-0.15, -0.1) is 0 Å². The second-order valence-corrected chi connectivity index (χ2v) is 6.10. The van der Waals surface area contributed by atoms with Gasteiger partial charge in [-0.25, -0.2) is 0 Å². The summed E-state index contributed by atoms with van der Waals surface area (Å²) in [5.41, 5.74) is 2.07. The summed E-state index contributed by atoms with van der Waals surface area (Å²) in [5.74, 6) is 0.301. The van der Waals surface area contributed by atoms with Gasteiger partial charge in [0.2, 0.25) is 0 Å². The zero-order valence-corrected chi connectivity index (χ0v) is 14.6. The van der Waals surface area contributed by atoms with Crippen molar-refractivity contribution in [3.63, 3.8) is 0 Å². The van der Waals surface area contributed by atoms with E-state index >= 15 is 0 Å². The average Bonchev–Trinajstić information content (AvgIpc) is 2.63. The Bertz CT molecular complexity index is 886. The number of carbonyl (C=O) groups is 1. The molecule has 0 aliphatic carbocycles. The van der Waals surface area contributed by atoms with Crippen molar-refractivity contribution < 1.29 is 9.53 Å². The molecule has 1 amide bonds. The SMILES string of the molecule is O=C(Nc1ccncc1)c1cccc(COc2cc(Cl)ccc2Cl)c1. The van der Waals surface area contributed by atoms with Crippen molar-refractivity contribution in [1.82, 2.24) is 4.98 Å². The summed E-state index contributed by atoms with van der Waals surface area (Å²) < 4.78 is 5.70. The Morgan fingerprint density at radius 1 is 1.04 bits per heavy atom. The zero-order chi connectivity index (χ0) is 17.6. The lowest BCUT2D eigenvalue weighted by atomic mass is 10.1. The number of nitrogens with zero attached hydrogens (tertiary/aromatic N) is 1. The second-order valence-electron chi connectivity index (χ2n) is 5.25. The summed E-state index contributed by atoms with van der Waals surface area (Å²) in [5, 5.41) is 3.85. The number of benzene rings is 2. The molecule has 0 aliphatic heterocycles. The summed E-state index contributed by atoms with van der Waals surface area (Å²) in [6.07, 6.45) is 3.24. The van der Waals surface area contributed by atoms with E-state index in [-0.39, 0.29) is 12.5 Å². The van der Waals surface area contributed by atoms with Crippen molar-refractivity contribution >= 4 is 34.8 Å². The van der Waals surface area contributed by atoms with E-state index in [4.69, 9.17) is 27.9 Å². The number of rotatable bonds is 5. The summed E-state index contributed by atoms with van der Waals surface area (Å²) >= 11 is 12.0. The summed E-state index contributed by atoms with van der Waals surface area (Å²) in [6.45, 7) is 0.274. The van der Waals surface area contributed by atoms with Crippen molar-refractivity contribution in [3.05, 3.63) is 88.2 Å². The number of pyridine rings is 1.